The molecular formula is C7H10BrNO3. The van der Waals surface area contributed by atoms with Crippen LogP contribution < -0.4 is 0 Å². The summed E-state index contributed by atoms with van der Waals surface area (Å²) in [6.45, 7) is 0.735. The fourth-order valence-corrected chi connectivity index (χ4v) is 1.25. The molecule has 0 N–H and O–H groups in total. The zero-order chi connectivity index (χ0) is 8.97. The molecule has 0 bridgehead atoms. The second kappa shape index (κ2) is 4.45. The monoisotopic (exact) mass is 235 g/mol. The van der Waals surface area contributed by atoms with Crippen molar-refractivity contribution in [3.63, 3.8) is 0 Å². The van der Waals surface area contributed by atoms with Crippen molar-refractivity contribution in [2.75, 3.05) is 18.5 Å². The summed E-state index contributed by atoms with van der Waals surface area (Å²) in [5.74, 6) is -0.142. The number of rotatable bonds is 3. The Hall–Kier alpha value is -0.580. The van der Waals surface area contributed by atoms with Crippen LogP contribution in [-0.2, 0) is 9.53 Å². The summed E-state index contributed by atoms with van der Waals surface area (Å²) in [4.78, 5) is 23.2. The van der Waals surface area contributed by atoms with Crippen LogP contribution in [0.1, 0.15) is 12.8 Å². The summed E-state index contributed by atoms with van der Waals surface area (Å²) in [5.41, 5.74) is 0. The summed E-state index contributed by atoms with van der Waals surface area (Å²) in [6.07, 6.45) is 0.651. The second-order valence-electron chi connectivity index (χ2n) is 2.45. The van der Waals surface area contributed by atoms with Crippen molar-refractivity contribution in [1.82, 2.24) is 4.90 Å². The van der Waals surface area contributed by atoms with Gasteiger partial charge in [0.1, 0.15) is 6.61 Å². The first-order valence-corrected chi connectivity index (χ1v) is 4.91. The number of ether oxygens (including phenoxy) is 1. The Bertz CT molecular complexity index is 195. The molecule has 1 saturated heterocycles. The summed E-state index contributed by atoms with van der Waals surface area (Å²) >= 11 is 3.21. The molecule has 1 fully saturated rings. The molecule has 0 aliphatic carbocycles. The van der Waals surface area contributed by atoms with E-state index < -0.39 is 6.09 Å². The maximum absolute atomic E-state index is 11.2. The number of cyclic esters (lactones) is 1. The first-order chi connectivity index (χ1) is 5.75. The van der Waals surface area contributed by atoms with Crippen LogP contribution in [0.4, 0.5) is 4.79 Å². The summed E-state index contributed by atoms with van der Waals surface area (Å²) < 4.78 is 4.62. The average Bonchev–Trinajstić information content (AvgIpc) is 2.47. The molecule has 0 aromatic heterocycles. The second-order valence-corrected chi connectivity index (χ2v) is 3.25. The lowest BCUT2D eigenvalue weighted by Gasteiger charge is -2.08. The Morgan fingerprint density at radius 3 is 2.92 bits per heavy atom. The minimum atomic E-state index is -0.505. The first-order valence-electron chi connectivity index (χ1n) is 3.79. The van der Waals surface area contributed by atoms with Gasteiger partial charge in [0.05, 0.1) is 6.54 Å². The molecule has 0 spiro atoms. The topological polar surface area (TPSA) is 46.6 Å². The zero-order valence-corrected chi connectivity index (χ0v) is 8.17. The number of hydrogen-bond donors (Lipinski definition) is 0. The lowest BCUT2D eigenvalue weighted by atomic mass is 10.3. The van der Waals surface area contributed by atoms with Crippen LogP contribution in [-0.4, -0.2) is 35.4 Å². The van der Waals surface area contributed by atoms with Gasteiger partial charge in [0.15, 0.2) is 0 Å². The lowest BCUT2D eigenvalue weighted by Crippen LogP contribution is -2.31. The van der Waals surface area contributed by atoms with Crippen molar-refractivity contribution < 1.29 is 14.3 Å². The van der Waals surface area contributed by atoms with Crippen LogP contribution in [0.2, 0.25) is 0 Å². The Morgan fingerprint density at radius 2 is 2.42 bits per heavy atom. The zero-order valence-electron chi connectivity index (χ0n) is 6.59. The fourth-order valence-electron chi connectivity index (χ4n) is 0.973. The quantitative estimate of drug-likeness (QED) is 0.690. The van der Waals surface area contributed by atoms with Gasteiger partial charge in [0.2, 0.25) is 5.91 Å². The van der Waals surface area contributed by atoms with Crippen molar-refractivity contribution in [3.8, 4) is 0 Å². The minimum Gasteiger partial charge on any atom is -0.447 e. The van der Waals surface area contributed by atoms with Crippen molar-refractivity contribution in [2.45, 2.75) is 12.8 Å². The van der Waals surface area contributed by atoms with Gasteiger partial charge in [-0.1, -0.05) is 15.9 Å². The van der Waals surface area contributed by atoms with Crippen LogP contribution in [0.25, 0.3) is 0 Å². The molecule has 1 aliphatic rings. The van der Waals surface area contributed by atoms with E-state index in [-0.39, 0.29) is 5.91 Å². The molecule has 0 unspecified atom stereocenters. The third-order valence-corrected chi connectivity index (χ3v) is 2.15. The van der Waals surface area contributed by atoms with E-state index in [0.29, 0.717) is 19.6 Å². The molecule has 68 valence electrons. The fraction of sp³-hybridized carbons (Fsp3) is 0.714. The predicted molar refractivity (Wildman–Crippen MR) is 46.1 cm³/mol. The molecule has 1 heterocycles. The Balaban J connectivity index is 2.36. The SMILES string of the molecule is O=C(CCCBr)N1CCOC1=O. The van der Waals surface area contributed by atoms with E-state index >= 15 is 0 Å². The molecule has 5 heteroatoms. The largest absolute Gasteiger partial charge is 0.447 e. The predicted octanol–water partition coefficient (Wildman–Crippen LogP) is 1.14. The van der Waals surface area contributed by atoms with Gasteiger partial charge in [0, 0.05) is 11.8 Å². The standard InChI is InChI=1S/C7H10BrNO3/c8-3-1-2-6(10)9-4-5-12-7(9)11/h1-5H2. The van der Waals surface area contributed by atoms with Gasteiger partial charge < -0.3 is 4.74 Å². The number of amides is 2. The van der Waals surface area contributed by atoms with Crippen molar-refractivity contribution >= 4 is 27.9 Å². The maximum Gasteiger partial charge on any atom is 0.416 e. The molecule has 0 aromatic rings. The van der Waals surface area contributed by atoms with Crippen LogP contribution in [0.15, 0.2) is 0 Å². The Kier molecular flexibility index (Phi) is 3.52. The normalized spacial score (nSPS) is 16.4. The van der Waals surface area contributed by atoms with Crippen molar-refractivity contribution in [1.29, 1.82) is 0 Å². The number of hydrogen-bond acceptors (Lipinski definition) is 3. The van der Waals surface area contributed by atoms with E-state index in [4.69, 9.17) is 0 Å². The van der Waals surface area contributed by atoms with Crippen molar-refractivity contribution in [3.05, 3.63) is 0 Å². The molecule has 0 aromatic carbocycles. The Labute approximate surface area is 79.0 Å². The number of carbonyl (C=O) groups is 2. The van der Waals surface area contributed by atoms with E-state index in [0.717, 1.165) is 16.7 Å². The van der Waals surface area contributed by atoms with E-state index in [1.807, 2.05) is 0 Å². The van der Waals surface area contributed by atoms with E-state index in [2.05, 4.69) is 20.7 Å². The van der Waals surface area contributed by atoms with Gasteiger partial charge in [-0.3, -0.25) is 4.79 Å². The molecule has 1 rings (SSSR count). The molecule has 0 saturated carbocycles. The number of imide groups is 1. The smallest absolute Gasteiger partial charge is 0.416 e. The molecule has 4 nitrogen and oxygen atoms in total. The van der Waals surface area contributed by atoms with Crippen molar-refractivity contribution in [2.24, 2.45) is 0 Å². The van der Waals surface area contributed by atoms with Crippen LogP contribution in [0.5, 0.6) is 0 Å². The Morgan fingerprint density at radius 1 is 1.67 bits per heavy atom. The van der Waals surface area contributed by atoms with Crippen LogP contribution >= 0.6 is 15.9 Å². The highest BCUT2D eigenvalue weighted by atomic mass is 79.9. The van der Waals surface area contributed by atoms with E-state index in [9.17, 15) is 9.59 Å². The number of nitrogens with zero attached hydrogens (tertiary/aromatic N) is 1. The highest BCUT2D eigenvalue weighted by Crippen LogP contribution is 2.07. The molecular weight excluding hydrogens is 226 g/mol. The molecule has 0 radical (unpaired) electrons. The number of alkyl halides is 1. The van der Waals surface area contributed by atoms with Crippen LogP contribution in [0, 0.1) is 0 Å². The van der Waals surface area contributed by atoms with Gasteiger partial charge >= 0.3 is 6.09 Å². The average molecular weight is 236 g/mol. The molecule has 1 aliphatic heterocycles. The highest BCUT2D eigenvalue weighted by molar-refractivity contribution is 9.09. The minimum absolute atomic E-state index is 0.142. The van der Waals surface area contributed by atoms with E-state index in [1.165, 1.54) is 0 Å². The third kappa shape index (κ3) is 2.20. The first kappa shape index (κ1) is 9.51. The van der Waals surface area contributed by atoms with Gasteiger partial charge in [-0.25, -0.2) is 9.69 Å². The van der Waals surface area contributed by atoms with Gasteiger partial charge in [-0.15, -0.1) is 0 Å². The summed E-state index contributed by atoms with van der Waals surface area (Å²) in [6, 6.07) is 0. The lowest BCUT2D eigenvalue weighted by molar-refractivity contribution is -0.127. The summed E-state index contributed by atoms with van der Waals surface area (Å²) in [5, 5.41) is 0.779. The van der Waals surface area contributed by atoms with E-state index in [1.54, 1.807) is 0 Å². The van der Waals surface area contributed by atoms with Gasteiger partial charge in [-0.05, 0) is 6.42 Å². The maximum atomic E-state index is 11.2. The molecule has 2 amide bonds. The van der Waals surface area contributed by atoms with Gasteiger partial charge in [-0.2, -0.15) is 0 Å². The number of carbonyl (C=O) groups excluding carboxylic acids is 2. The molecule has 12 heavy (non-hydrogen) atoms. The number of halogens is 1. The highest BCUT2D eigenvalue weighted by Gasteiger charge is 2.27. The molecule has 0 atom stereocenters. The third-order valence-electron chi connectivity index (χ3n) is 1.59. The summed E-state index contributed by atoms with van der Waals surface area (Å²) in [7, 11) is 0. The van der Waals surface area contributed by atoms with Gasteiger partial charge in [0.25, 0.3) is 0 Å². The van der Waals surface area contributed by atoms with Crippen LogP contribution in [0.3, 0.4) is 0 Å².